The van der Waals surface area contributed by atoms with E-state index in [-0.39, 0.29) is 11.4 Å². The lowest BCUT2D eigenvalue weighted by Crippen LogP contribution is -2.64. The maximum Gasteiger partial charge on any atom is 0.211 e. The van der Waals surface area contributed by atoms with Crippen molar-refractivity contribution in [3.63, 3.8) is 0 Å². The van der Waals surface area contributed by atoms with Gasteiger partial charge >= 0.3 is 0 Å². The first-order valence-corrected chi connectivity index (χ1v) is 10.7. The lowest BCUT2D eigenvalue weighted by molar-refractivity contribution is -0.136. The van der Waals surface area contributed by atoms with Crippen molar-refractivity contribution >= 4 is 21.4 Å². The first kappa shape index (κ1) is 17.3. The van der Waals surface area contributed by atoms with E-state index in [0.29, 0.717) is 12.5 Å². The van der Waals surface area contributed by atoms with Crippen molar-refractivity contribution in [1.29, 1.82) is 0 Å². The van der Waals surface area contributed by atoms with Crippen LogP contribution in [0.5, 0.6) is 0 Å². The Morgan fingerprint density at radius 2 is 2.30 bits per heavy atom. The van der Waals surface area contributed by atoms with Crippen LogP contribution in [0, 0.1) is 12.8 Å². The van der Waals surface area contributed by atoms with Crippen LogP contribution in [-0.4, -0.2) is 55.9 Å². The topological polar surface area (TPSA) is 71.5 Å². The van der Waals surface area contributed by atoms with Gasteiger partial charge < -0.3 is 4.74 Å². The zero-order valence-corrected chi connectivity index (χ0v) is 15.4. The number of aryl methyl sites for hydroxylation is 1. The number of aromatic nitrogens is 1. The fourth-order valence-electron chi connectivity index (χ4n) is 3.54. The lowest BCUT2D eigenvalue weighted by atomic mass is 9.79. The molecule has 1 aromatic heterocycles. The fourth-order valence-corrected chi connectivity index (χ4v) is 4.99. The van der Waals surface area contributed by atoms with Crippen molar-refractivity contribution in [2.24, 2.45) is 5.92 Å². The van der Waals surface area contributed by atoms with E-state index in [4.69, 9.17) is 4.74 Å². The molecule has 8 heteroatoms. The minimum Gasteiger partial charge on any atom is -0.372 e. The summed E-state index contributed by atoms with van der Waals surface area (Å²) in [5, 5.41) is 0. The molecule has 2 aliphatic rings. The summed E-state index contributed by atoms with van der Waals surface area (Å²) < 4.78 is 31.8. The van der Waals surface area contributed by atoms with E-state index in [1.54, 1.807) is 18.3 Å². The van der Waals surface area contributed by atoms with Gasteiger partial charge in [0.15, 0.2) is 0 Å². The van der Waals surface area contributed by atoms with E-state index in [0.717, 1.165) is 44.8 Å². The molecular weight excluding hydrogens is 334 g/mol. The van der Waals surface area contributed by atoms with Gasteiger partial charge in [0.05, 0.1) is 22.6 Å². The SMILES string of the molecule is CCS(=O)(=O)NCCC1CCOC12CN(Cc1scnc1C)C2. The van der Waals surface area contributed by atoms with Crippen LogP contribution in [0.15, 0.2) is 5.51 Å². The van der Waals surface area contributed by atoms with E-state index >= 15 is 0 Å². The second-order valence-electron chi connectivity index (χ2n) is 6.49. The van der Waals surface area contributed by atoms with E-state index in [1.165, 1.54) is 4.88 Å². The summed E-state index contributed by atoms with van der Waals surface area (Å²) in [4.78, 5) is 8.02. The zero-order valence-electron chi connectivity index (χ0n) is 13.7. The second-order valence-corrected chi connectivity index (χ2v) is 9.53. The highest BCUT2D eigenvalue weighted by Crippen LogP contribution is 2.42. The van der Waals surface area contributed by atoms with Crippen molar-refractivity contribution in [1.82, 2.24) is 14.6 Å². The van der Waals surface area contributed by atoms with Gasteiger partial charge in [-0.05, 0) is 32.6 Å². The van der Waals surface area contributed by atoms with Crippen molar-refractivity contribution in [3.8, 4) is 0 Å². The molecule has 23 heavy (non-hydrogen) atoms. The zero-order chi connectivity index (χ0) is 16.5. The number of nitrogens with zero attached hydrogens (tertiary/aromatic N) is 2. The Morgan fingerprint density at radius 1 is 1.52 bits per heavy atom. The molecule has 1 N–H and O–H groups in total. The van der Waals surface area contributed by atoms with Crippen LogP contribution in [0.25, 0.3) is 0 Å². The van der Waals surface area contributed by atoms with Crippen molar-refractivity contribution < 1.29 is 13.2 Å². The van der Waals surface area contributed by atoms with Crippen LogP contribution < -0.4 is 4.72 Å². The Labute approximate surface area is 142 Å². The molecule has 0 bridgehead atoms. The second kappa shape index (κ2) is 6.76. The largest absolute Gasteiger partial charge is 0.372 e. The van der Waals surface area contributed by atoms with Gasteiger partial charge in [0, 0.05) is 37.7 Å². The molecule has 0 radical (unpaired) electrons. The molecule has 3 rings (SSSR count). The third-order valence-electron chi connectivity index (χ3n) is 4.99. The Bertz CT molecular complexity index is 638. The van der Waals surface area contributed by atoms with Gasteiger partial charge in [0.2, 0.25) is 10.0 Å². The number of likely N-dealkylation sites (tertiary alicyclic amines) is 1. The molecule has 1 aromatic rings. The average Bonchev–Trinajstić information content (AvgIpc) is 3.06. The molecule has 0 saturated carbocycles. The van der Waals surface area contributed by atoms with Crippen LogP contribution in [0.1, 0.15) is 30.3 Å². The predicted molar refractivity (Wildman–Crippen MR) is 91.0 cm³/mol. The van der Waals surface area contributed by atoms with E-state index in [2.05, 4.69) is 21.5 Å². The van der Waals surface area contributed by atoms with Gasteiger partial charge in [-0.2, -0.15) is 0 Å². The normalized spacial score (nSPS) is 24.2. The summed E-state index contributed by atoms with van der Waals surface area (Å²) in [7, 11) is -3.09. The highest BCUT2D eigenvalue weighted by Gasteiger charge is 2.52. The lowest BCUT2D eigenvalue weighted by Gasteiger charge is -2.50. The number of rotatable bonds is 7. The Balaban J connectivity index is 1.49. The maximum absolute atomic E-state index is 11.5. The highest BCUT2D eigenvalue weighted by molar-refractivity contribution is 7.89. The molecule has 2 fully saturated rings. The smallest absolute Gasteiger partial charge is 0.211 e. The third-order valence-corrected chi connectivity index (χ3v) is 7.31. The maximum atomic E-state index is 11.5. The van der Waals surface area contributed by atoms with E-state index < -0.39 is 10.0 Å². The minimum atomic E-state index is -3.09. The Hall–Kier alpha value is -0.540. The van der Waals surface area contributed by atoms with Gasteiger partial charge in [-0.1, -0.05) is 0 Å². The molecule has 3 heterocycles. The molecule has 0 amide bonds. The Kier molecular flexibility index (Phi) is 5.08. The minimum absolute atomic E-state index is 0.0593. The third kappa shape index (κ3) is 3.76. The fraction of sp³-hybridized carbons (Fsp3) is 0.800. The molecule has 1 unspecified atom stereocenters. The predicted octanol–water partition coefficient (Wildman–Crippen LogP) is 1.37. The molecule has 0 aliphatic carbocycles. The van der Waals surface area contributed by atoms with Crippen LogP contribution in [0.4, 0.5) is 0 Å². The number of ether oxygens (including phenoxy) is 1. The van der Waals surface area contributed by atoms with Crippen LogP contribution in [0.2, 0.25) is 0 Å². The molecule has 6 nitrogen and oxygen atoms in total. The molecule has 1 spiro atoms. The number of nitrogens with one attached hydrogen (secondary N) is 1. The number of thiazole rings is 1. The van der Waals surface area contributed by atoms with Gasteiger partial charge in [-0.25, -0.2) is 18.1 Å². The summed E-state index contributed by atoms with van der Waals surface area (Å²) in [6.45, 7) is 7.84. The number of sulfonamides is 1. The number of hydrogen-bond acceptors (Lipinski definition) is 6. The van der Waals surface area contributed by atoms with Crippen molar-refractivity contribution in [3.05, 3.63) is 16.1 Å². The first-order chi connectivity index (χ1) is 10.9. The standard InChI is InChI=1S/C15H25N3O3S2/c1-3-23(19,20)17-6-4-13-5-7-21-15(13)9-18(10-15)8-14-12(2)16-11-22-14/h11,13,17H,3-10H2,1-2H3. The van der Waals surface area contributed by atoms with Gasteiger partial charge in [-0.3, -0.25) is 4.90 Å². The molecule has 130 valence electrons. The van der Waals surface area contributed by atoms with Gasteiger partial charge in [-0.15, -0.1) is 11.3 Å². The highest BCUT2D eigenvalue weighted by atomic mass is 32.2. The van der Waals surface area contributed by atoms with Crippen LogP contribution in [-0.2, 0) is 21.3 Å². The van der Waals surface area contributed by atoms with Crippen LogP contribution >= 0.6 is 11.3 Å². The summed E-state index contributed by atoms with van der Waals surface area (Å²) in [5.41, 5.74) is 2.96. The average molecular weight is 360 g/mol. The summed E-state index contributed by atoms with van der Waals surface area (Å²) in [6, 6.07) is 0. The number of hydrogen-bond donors (Lipinski definition) is 1. The molecule has 2 aliphatic heterocycles. The van der Waals surface area contributed by atoms with E-state index in [1.807, 2.05) is 5.51 Å². The van der Waals surface area contributed by atoms with Crippen LogP contribution in [0.3, 0.4) is 0 Å². The quantitative estimate of drug-likeness (QED) is 0.796. The molecular formula is C15H25N3O3S2. The molecule has 1 atom stereocenters. The molecule has 2 saturated heterocycles. The van der Waals surface area contributed by atoms with Crippen molar-refractivity contribution in [2.45, 2.75) is 38.8 Å². The Morgan fingerprint density at radius 3 is 2.96 bits per heavy atom. The summed E-state index contributed by atoms with van der Waals surface area (Å²) in [5.74, 6) is 0.585. The summed E-state index contributed by atoms with van der Waals surface area (Å²) in [6.07, 6.45) is 1.88. The first-order valence-electron chi connectivity index (χ1n) is 8.17. The monoisotopic (exact) mass is 359 g/mol. The van der Waals surface area contributed by atoms with Gasteiger partial charge in [0.1, 0.15) is 0 Å². The summed E-state index contributed by atoms with van der Waals surface area (Å²) >= 11 is 1.71. The van der Waals surface area contributed by atoms with Gasteiger partial charge in [0.25, 0.3) is 0 Å². The van der Waals surface area contributed by atoms with E-state index in [9.17, 15) is 8.42 Å². The van der Waals surface area contributed by atoms with Crippen molar-refractivity contribution in [2.75, 3.05) is 32.0 Å². The molecule has 0 aromatic carbocycles.